The molecule has 2 rings (SSSR count). The minimum Gasteiger partial charge on any atom is -0.399 e. The maximum atomic E-state index is 13.6. The first-order chi connectivity index (χ1) is 8.55. The number of alkyl halides is 2. The Labute approximate surface area is 112 Å². The number of rotatable bonds is 2. The summed E-state index contributed by atoms with van der Waals surface area (Å²) in [6.45, 7) is 8.35. The lowest BCUT2D eigenvalue weighted by atomic mass is 9.77. The van der Waals surface area contributed by atoms with Gasteiger partial charge in [-0.1, -0.05) is 6.07 Å². The molecule has 1 aliphatic rings. The quantitative estimate of drug-likeness (QED) is 0.773. The third kappa shape index (κ3) is 2.51. The van der Waals surface area contributed by atoms with E-state index in [1.54, 1.807) is 12.1 Å². The lowest BCUT2D eigenvalue weighted by Crippen LogP contribution is -2.41. The fourth-order valence-corrected chi connectivity index (χ4v) is 1.94. The average Bonchev–Trinajstić information content (AvgIpc) is 2.47. The molecule has 0 unspecified atom stereocenters. The molecule has 0 aliphatic carbocycles. The van der Waals surface area contributed by atoms with E-state index in [2.05, 4.69) is 4.98 Å². The van der Waals surface area contributed by atoms with Crippen LogP contribution in [0, 0.1) is 0 Å². The van der Waals surface area contributed by atoms with E-state index >= 15 is 0 Å². The Morgan fingerprint density at radius 3 is 2.16 bits per heavy atom. The van der Waals surface area contributed by atoms with Gasteiger partial charge in [0, 0.05) is 18.6 Å². The molecule has 1 aromatic heterocycles. The fourth-order valence-electron chi connectivity index (χ4n) is 1.94. The van der Waals surface area contributed by atoms with Gasteiger partial charge in [0.2, 0.25) is 0 Å². The monoisotopic (exact) mass is 269 g/mol. The third-order valence-electron chi connectivity index (χ3n) is 3.76. The molecule has 0 spiro atoms. The van der Waals surface area contributed by atoms with Crippen LogP contribution in [0.25, 0.3) is 0 Å². The van der Waals surface area contributed by atoms with Crippen LogP contribution in [0.15, 0.2) is 18.3 Å². The van der Waals surface area contributed by atoms with Crippen LogP contribution in [0.1, 0.15) is 40.3 Å². The second-order valence-electron chi connectivity index (χ2n) is 5.92. The van der Waals surface area contributed by atoms with E-state index < -0.39 is 24.2 Å². The summed E-state index contributed by atoms with van der Waals surface area (Å²) in [5, 5.41) is 0. The van der Waals surface area contributed by atoms with Crippen LogP contribution >= 0.6 is 0 Å². The minimum absolute atomic E-state index is 0.286. The van der Waals surface area contributed by atoms with Crippen LogP contribution in [0.3, 0.4) is 0 Å². The third-order valence-corrected chi connectivity index (χ3v) is 3.76. The Morgan fingerprint density at radius 2 is 1.68 bits per heavy atom. The van der Waals surface area contributed by atoms with Crippen LogP contribution in [-0.4, -0.2) is 23.3 Å². The molecule has 0 radical (unpaired) electrons. The highest BCUT2D eigenvalue weighted by molar-refractivity contribution is 6.62. The van der Waals surface area contributed by atoms with Gasteiger partial charge in [-0.3, -0.25) is 4.98 Å². The van der Waals surface area contributed by atoms with Crippen LogP contribution in [0.2, 0.25) is 0 Å². The Kier molecular flexibility index (Phi) is 3.22. The highest BCUT2D eigenvalue weighted by Crippen LogP contribution is 2.37. The molecule has 1 saturated heterocycles. The molecule has 0 aromatic carbocycles. The summed E-state index contributed by atoms with van der Waals surface area (Å²) in [6.07, 6.45) is 1.35. The van der Waals surface area contributed by atoms with Crippen LogP contribution in [0.4, 0.5) is 8.78 Å². The molecule has 19 heavy (non-hydrogen) atoms. The smallest absolute Gasteiger partial charge is 0.399 e. The summed E-state index contributed by atoms with van der Waals surface area (Å²) in [6, 6.07) is 3.18. The Bertz CT molecular complexity index is 470. The first-order valence-electron chi connectivity index (χ1n) is 6.23. The number of halogens is 2. The molecule has 0 atom stereocenters. The van der Waals surface area contributed by atoms with Gasteiger partial charge in [-0.05, 0) is 33.8 Å². The molecule has 104 valence electrons. The highest BCUT2D eigenvalue weighted by Gasteiger charge is 2.53. The summed E-state index contributed by atoms with van der Waals surface area (Å²) < 4.78 is 38.7. The summed E-state index contributed by atoms with van der Waals surface area (Å²) in [7, 11) is -0.820. The van der Waals surface area contributed by atoms with E-state index in [9.17, 15) is 8.78 Å². The number of aromatic nitrogens is 1. The average molecular weight is 269 g/mol. The molecule has 1 aliphatic heterocycles. The molecule has 3 nitrogen and oxygen atoms in total. The summed E-state index contributed by atoms with van der Waals surface area (Å²) in [5.41, 5.74) is -1.14. The van der Waals surface area contributed by atoms with Gasteiger partial charge < -0.3 is 9.31 Å². The minimum atomic E-state index is -3.03. The van der Waals surface area contributed by atoms with Gasteiger partial charge in [-0.25, -0.2) is 0 Å². The zero-order valence-corrected chi connectivity index (χ0v) is 11.8. The first kappa shape index (κ1) is 14.4. The molecular weight excluding hydrogens is 251 g/mol. The van der Waals surface area contributed by atoms with Crippen molar-refractivity contribution in [2.24, 2.45) is 0 Å². The van der Waals surface area contributed by atoms with Crippen molar-refractivity contribution < 1.29 is 18.1 Å². The number of hydrogen-bond donors (Lipinski definition) is 0. The van der Waals surface area contributed by atoms with Gasteiger partial charge in [0.15, 0.2) is 0 Å². The molecule has 1 aromatic rings. The van der Waals surface area contributed by atoms with Gasteiger partial charge >= 0.3 is 7.12 Å². The fraction of sp³-hybridized carbons (Fsp3) is 0.615. The normalized spacial score (nSPS) is 21.7. The van der Waals surface area contributed by atoms with Crippen molar-refractivity contribution in [1.29, 1.82) is 0 Å². The predicted molar refractivity (Wildman–Crippen MR) is 69.5 cm³/mol. The van der Waals surface area contributed by atoms with E-state index in [0.29, 0.717) is 0 Å². The number of hydrogen-bond acceptors (Lipinski definition) is 3. The van der Waals surface area contributed by atoms with E-state index in [-0.39, 0.29) is 11.2 Å². The van der Waals surface area contributed by atoms with Crippen molar-refractivity contribution in [3.63, 3.8) is 0 Å². The van der Waals surface area contributed by atoms with Crippen molar-refractivity contribution in [2.45, 2.75) is 51.7 Å². The van der Waals surface area contributed by atoms with Crippen molar-refractivity contribution in [1.82, 2.24) is 4.98 Å². The van der Waals surface area contributed by atoms with Crippen molar-refractivity contribution in [2.75, 3.05) is 0 Å². The van der Waals surface area contributed by atoms with Crippen LogP contribution in [-0.2, 0) is 15.2 Å². The van der Waals surface area contributed by atoms with Gasteiger partial charge in [0.05, 0.1) is 11.2 Å². The molecule has 1 fully saturated rings. The van der Waals surface area contributed by atoms with E-state index in [0.717, 1.165) is 6.92 Å². The lowest BCUT2D eigenvalue weighted by molar-refractivity contribution is 0.00578. The van der Waals surface area contributed by atoms with Crippen molar-refractivity contribution in [3.05, 3.63) is 24.0 Å². The largest absolute Gasteiger partial charge is 0.496 e. The first-order valence-corrected chi connectivity index (χ1v) is 6.23. The lowest BCUT2D eigenvalue weighted by Gasteiger charge is -2.32. The standard InChI is InChI=1S/C13H18BF2NO2/c1-11(2)12(3,4)19-14(18-11)9-7-6-8-17-10(9)13(5,15)16/h6-8H,1-5H3. The van der Waals surface area contributed by atoms with Gasteiger partial charge in [-0.15, -0.1) is 0 Å². The predicted octanol–water partition coefficient (Wildman–Crippen LogP) is 2.49. The SMILES string of the molecule is CC(F)(F)c1ncccc1B1OC(C)(C)C(C)(C)O1. The summed E-state index contributed by atoms with van der Waals surface area (Å²) in [5.74, 6) is -3.03. The molecule has 2 heterocycles. The molecule has 0 bridgehead atoms. The number of nitrogens with zero attached hydrogens (tertiary/aromatic N) is 1. The maximum absolute atomic E-state index is 13.6. The topological polar surface area (TPSA) is 31.4 Å². The summed E-state index contributed by atoms with van der Waals surface area (Å²) in [4.78, 5) is 3.78. The van der Waals surface area contributed by atoms with E-state index in [1.807, 2.05) is 27.7 Å². The Morgan fingerprint density at radius 1 is 1.16 bits per heavy atom. The Balaban J connectivity index is 2.41. The van der Waals surface area contributed by atoms with E-state index in [4.69, 9.17) is 9.31 Å². The zero-order chi connectivity index (χ0) is 14.5. The molecule has 0 N–H and O–H groups in total. The van der Waals surface area contributed by atoms with Gasteiger partial charge in [0.25, 0.3) is 5.92 Å². The van der Waals surface area contributed by atoms with Crippen LogP contribution in [0.5, 0.6) is 0 Å². The molecule has 0 amide bonds. The van der Waals surface area contributed by atoms with Gasteiger partial charge in [0.1, 0.15) is 5.69 Å². The zero-order valence-electron chi connectivity index (χ0n) is 11.8. The number of pyridine rings is 1. The van der Waals surface area contributed by atoms with Crippen molar-refractivity contribution >= 4 is 12.6 Å². The Hall–Kier alpha value is -1.01. The van der Waals surface area contributed by atoms with Gasteiger partial charge in [-0.2, -0.15) is 8.78 Å². The van der Waals surface area contributed by atoms with Crippen LogP contribution < -0.4 is 5.46 Å². The highest BCUT2D eigenvalue weighted by atomic mass is 19.3. The maximum Gasteiger partial charge on any atom is 0.496 e. The second kappa shape index (κ2) is 4.25. The molecular formula is C13H18BF2NO2. The second-order valence-corrected chi connectivity index (χ2v) is 5.92. The van der Waals surface area contributed by atoms with Crippen molar-refractivity contribution in [3.8, 4) is 0 Å². The summed E-state index contributed by atoms with van der Waals surface area (Å²) >= 11 is 0. The molecule has 6 heteroatoms. The molecule has 0 saturated carbocycles. The van der Waals surface area contributed by atoms with E-state index in [1.165, 1.54) is 6.20 Å².